The number of carbonyl (C=O) groups is 1. The van der Waals surface area contributed by atoms with Crippen molar-refractivity contribution in [2.45, 2.75) is 50.9 Å². The lowest BCUT2D eigenvalue weighted by Crippen LogP contribution is -2.63. The van der Waals surface area contributed by atoms with Gasteiger partial charge in [0, 0.05) is 18.3 Å². The van der Waals surface area contributed by atoms with Crippen molar-refractivity contribution in [1.82, 2.24) is 29.9 Å². The van der Waals surface area contributed by atoms with Gasteiger partial charge in [-0.2, -0.15) is 28.2 Å². The molecule has 1 aromatic carbocycles. The number of alkyl halides is 3. The van der Waals surface area contributed by atoms with Gasteiger partial charge in [0.15, 0.2) is 5.69 Å². The maximum absolute atomic E-state index is 14.2. The van der Waals surface area contributed by atoms with Crippen LogP contribution in [0.25, 0.3) is 5.69 Å². The van der Waals surface area contributed by atoms with Gasteiger partial charge >= 0.3 is 6.18 Å². The monoisotopic (exact) mass is 474 g/mol. The molecule has 2 bridgehead atoms. The molecule has 34 heavy (non-hydrogen) atoms. The summed E-state index contributed by atoms with van der Waals surface area (Å²) in [6.07, 6.45) is 2.94. The number of fused-ring (bicyclic) bond motifs is 2. The first-order valence-corrected chi connectivity index (χ1v) is 11.1. The number of aryl methyl sites for hydroxylation is 1. The van der Waals surface area contributed by atoms with Gasteiger partial charge in [-0.05, 0) is 55.7 Å². The predicted molar refractivity (Wildman–Crippen MR) is 112 cm³/mol. The zero-order valence-corrected chi connectivity index (χ0v) is 18.3. The van der Waals surface area contributed by atoms with E-state index in [9.17, 15) is 22.4 Å². The zero-order valence-electron chi connectivity index (χ0n) is 18.3. The molecule has 1 unspecified atom stereocenters. The van der Waals surface area contributed by atoms with Crippen LogP contribution in [0.15, 0.2) is 43.0 Å². The predicted octanol–water partition coefficient (Wildman–Crippen LogP) is 4.09. The summed E-state index contributed by atoms with van der Waals surface area (Å²) in [4.78, 5) is 24.3. The van der Waals surface area contributed by atoms with E-state index >= 15 is 0 Å². The number of carbonyl (C=O) groups excluding carboxylic acids is 1. The first-order valence-electron chi connectivity index (χ1n) is 11.1. The molecule has 2 aliphatic heterocycles. The van der Waals surface area contributed by atoms with Crippen molar-refractivity contribution in [1.29, 1.82) is 0 Å². The van der Waals surface area contributed by atoms with Gasteiger partial charge in [-0.25, -0.2) is 9.37 Å². The highest BCUT2D eigenvalue weighted by molar-refractivity contribution is 5.98. The van der Waals surface area contributed by atoms with Gasteiger partial charge in [0.1, 0.15) is 5.82 Å². The number of nitrogens with zero attached hydrogens (tertiary/aromatic N) is 6. The summed E-state index contributed by atoms with van der Waals surface area (Å²) in [7, 11) is 0. The summed E-state index contributed by atoms with van der Waals surface area (Å²) < 4.78 is 52.5. The second-order valence-corrected chi connectivity index (χ2v) is 8.93. The van der Waals surface area contributed by atoms with Crippen LogP contribution in [-0.2, 0) is 12.6 Å². The molecule has 2 saturated heterocycles. The topological polar surface area (TPSA) is 76.8 Å². The molecule has 2 aromatic heterocycles. The highest BCUT2D eigenvalue weighted by Crippen LogP contribution is 2.48. The number of aromatic nitrogens is 5. The van der Waals surface area contributed by atoms with Gasteiger partial charge in [0.25, 0.3) is 5.91 Å². The first-order chi connectivity index (χ1) is 16.2. The van der Waals surface area contributed by atoms with Crippen molar-refractivity contribution in [3.63, 3.8) is 0 Å². The van der Waals surface area contributed by atoms with Gasteiger partial charge in [-0.1, -0.05) is 6.92 Å². The van der Waals surface area contributed by atoms with E-state index in [1.807, 2.05) is 4.90 Å². The Morgan fingerprint density at radius 3 is 2.50 bits per heavy atom. The van der Waals surface area contributed by atoms with E-state index in [2.05, 4.69) is 27.1 Å². The number of rotatable bonds is 5. The molecule has 2 atom stereocenters. The molecular weight excluding hydrogens is 452 g/mol. The second-order valence-electron chi connectivity index (χ2n) is 8.93. The summed E-state index contributed by atoms with van der Waals surface area (Å²) >= 11 is 0. The maximum atomic E-state index is 14.2. The fourth-order valence-corrected chi connectivity index (χ4v) is 5.10. The van der Waals surface area contributed by atoms with E-state index in [-0.39, 0.29) is 29.5 Å². The molecule has 178 valence electrons. The molecule has 4 heterocycles. The highest BCUT2D eigenvalue weighted by atomic mass is 19.4. The van der Waals surface area contributed by atoms with Crippen LogP contribution >= 0.6 is 0 Å². The number of halogens is 4. The summed E-state index contributed by atoms with van der Waals surface area (Å²) in [6, 6.07) is 3.82. The highest BCUT2D eigenvalue weighted by Gasteiger charge is 2.50. The second kappa shape index (κ2) is 8.44. The third kappa shape index (κ3) is 4.03. The van der Waals surface area contributed by atoms with Gasteiger partial charge in [0.05, 0.1) is 35.5 Å². The molecule has 1 amide bonds. The number of hydrogen-bond donors (Lipinski definition) is 0. The summed E-state index contributed by atoms with van der Waals surface area (Å²) in [6.45, 7) is 2.09. The minimum absolute atomic E-state index is 0.0408. The minimum atomic E-state index is -4.54. The molecule has 3 fully saturated rings. The van der Waals surface area contributed by atoms with Crippen LogP contribution in [0.3, 0.4) is 0 Å². The number of piperidine rings is 2. The molecule has 11 heteroatoms. The standard InChI is InChI=1S/C23H22F4N6O/c1-13-14-8-17(9-14)32(19(13)5-3-16-11-29-21(12-28-16)23(25,26)27)22(34)18-10-15(24)2-4-20(18)33-30-6-7-31-33/h2,4,6-7,10-14,17,19H,3,5,8-9H2,1H3/t13-,14?,17?,19?/m1/s1. The Morgan fingerprint density at radius 2 is 1.85 bits per heavy atom. The van der Waals surface area contributed by atoms with E-state index < -0.39 is 17.7 Å². The normalized spacial score (nSPS) is 24.1. The molecule has 0 spiro atoms. The molecule has 6 rings (SSSR count). The molecule has 0 N–H and O–H groups in total. The minimum Gasteiger partial charge on any atom is -0.332 e. The zero-order chi connectivity index (χ0) is 24.0. The van der Waals surface area contributed by atoms with Crippen LogP contribution in [0.4, 0.5) is 17.6 Å². The fraction of sp³-hybridized carbons (Fsp3) is 0.435. The Labute approximate surface area is 192 Å². The van der Waals surface area contributed by atoms with Crippen LogP contribution in [0.5, 0.6) is 0 Å². The van der Waals surface area contributed by atoms with Crippen molar-refractivity contribution in [2.75, 3.05) is 0 Å². The quantitative estimate of drug-likeness (QED) is 0.521. The fourth-order valence-electron chi connectivity index (χ4n) is 5.10. The van der Waals surface area contributed by atoms with Gasteiger partial charge in [-0.3, -0.25) is 9.78 Å². The molecule has 3 aliphatic rings. The Morgan fingerprint density at radius 1 is 1.12 bits per heavy atom. The Bertz CT molecular complexity index is 1180. The average Bonchev–Trinajstić information content (AvgIpc) is 3.31. The number of hydrogen-bond acceptors (Lipinski definition) is 5. The van der Waals surface area contributed by atoms with Crippen molar-refractivity contribution in [3.8, 4) is 5.69 Å². The molecule has 1 saturated carbocycles. The van der Waals surface area contributed by atoms with E-state index in [4.69, 9.17) is 0 Å². The first kappa shape index (κ1) is 22.4. The van der Waals surface area contributed by atoms with Crippen molar-refractivity contribution in [3.05, 3.63) is 65.8 Å². The third-order valence-corrected chi connectivity index (χ3v) is 7.00. The third-order valence-electron chi connectivity index (χ3n) is 7.00. The van der Waals surface area contributed by atoms with Crippen LogP contribution in [-0.4, -0.2) is 47.9 Å². The van der Waals surface area contributed by atoms with Crippen molar-refractivity contribution < 1.29 is 22.4 Å². The lowest BCUT2D eigenvalue weighted by atomic mass is 9.63. The van der Waals surface area contributed by atoms with E-state index in [1.54, 1.807) is 0 Å². The Hall–Kier alpha value is -3.37. The molecule has 7 nitrogen and oxygen atoms in total. The lowest BCUT2D eigenvalue weighted by Gasteiger charge is -2.57. The molecule has 0 radical (unpaired) electrons. The van der Waals surface area contributed by atoms with Crippen molar-refractivity contribution >= 4 is 5.91 Å². The van der Waals surface area contributed by atoms with Gasteiger partial charge < -0.3 is 4.90 Å². The van der Waals surface area contributed by atoms with Crippen LogP contribution in [0, 0.1) is 17.7 Å². The van der Waals surface area contributed by atoms with Gasteiger partial charge in [0.2, 0.25) is 0 Å². The molecule has 1 aliphatic carbocycles. The van der Waals surface area contributed by atoms with Gasteiger partial charge in [-0.15, -0.1) is 0 Å². The largest absolute Gasteiger partial charge is 0.434 e. The van der Waals surface area contributed by atoms with Crippen LogP contribution in [0.2, 0.25) is 0 Å². The lowest BCUT2D eigenvalue weighted by molar-refractivity contribution is -0.141. The smallest absolute Gasteiger partial charge is 0.332 e. The average molecular weight is 474 g/mol. The summed E-state index contributed by atoms with van der Waals surface area (Å²) in [5.41, 5.74) is -0.0452. The summed E-state index contributed by atoms with van der Waals surface area (Å²) in [5, 5.41) is 8.17. The van der Waals surface area contributed by atoms with E-state index in [0.717, 1.165) is 25.2 Å². The maximum Gasteiger partial charge on any atom is 0.434 e. The van der Waals surface area contributed by atoms with E-state index in [0.29, 0.717) is 30.1 Å². The van der Waals surface area contributed by atoms with E-state index in [1.165, 1.54) is 35.4 Å². The van der Waals surface area contributed by atoms with Crippen LogP contribution in [0.1, 0.15) is 47.9 Å². The molecule has 3 aromatic rings. The summed E-state index contributed by atoms with van der Waals surface area (Å²) in [5.74, 6) is -0.161. The Balaban J connectivity index is 1.40. The van der Waals surface area contributed by atoms with Crippen molar-refractivity contribution in [2.24, 2.45) is 11.8 Å². The molecular formula is C23H22F4N6O. The SMILES string of the molecule is C[C@@H]1C2CC(C2)N(C(=O)c2cc(F)ccc2-n2nccn2)C1CCc1cnc(C(F)(F)F)cn1. The Kier molecular flexibility index (Phi) is 5.57. The van der Waals surface area contributed by atoms with Crippen LogP contribution < -0.4 is 0 Å². The number of benzene rings is 1. The number of amides is 1.